The molecule has 0 aliphatic carbocycles. The third kappa shape index (κ3) is 2.88. The normalized spacial score (nSPS) is 10.3. The van der Waals surface area contributed by atoms with Crippen LogP contribution < -0.4 is 5.73 Å². The number of benzene rings is 2. The monoisotopic (exact) mass is 274 g/mol. The smallest absolute Gasteiger partial charge is 0.256 e. The van der Waals surface area contributed by atoms with Gasteiger partial charge in [-0.1, -0.05) is 18.2 Å². The number of nitrogens with two attached hydrogens (primary N) is 1. The van der Waals surface area contributed by atoms with Gasteiger partial charge < -0.3 is 15.7 Å². The van der Waals surface area contributed by atoms with E-state index in [1.165, 1.54) is 30.1 Å². The molecule has 2 aromatic carbocycles. The number of halogens is 1. The van der Waals surface area contributed by atoms with Crippen LogP contribution in [0.2, 0.25) is 0 Å². The van der Waals surface area contributed by atoms with Crippen molar-refractivity contribution in [2.45, 2.75) is 6.54 Å². The maximum Gasteiger partial charge on any atom is 0.256 e. The summed E-state index contributed by atoms with van der Waals surface area (Å²) >= 11 is 0. The van der Waals surface area contributed by atoms with Gasteiger partial charge in [0, 0.05) is 24.8 Å². The van der Waals surface area contributed by atoms with Crippen LogP contribution in [-0.4, -0.2) is 23.0 Å². The van der Waals surface area contributed by atoms with Crippen LogP contribution >= 0.6 is 0 Å². The Kier molecular flexibility index (Phi) is 3.89. The molecule has 0 saturated carbocycles. The summed E-state index contributed by atoms with van der Waals surface area (Å²) in [6, 6.07) is 10.6. The van der Waals surface area contributed by atoms with Gasteiger partial charge in [-0.3, -0.25) is 4.79 Å². The average Bonchev–Trinajstić information content (AvgIpc) is 2.43. The Morgan fingerprint density at radius 2 is 2.00 bits per heavy atom. The molecular weight excluding hydrogens is 259 g/mol. The Bertz CT molecular complexity index is 644. The summed E-state index contributed by atoms with van der Waals surface area (Å²) in [6.07, 6.45) is 0. The molecule has 0 aliphatic heterocycles. The van der Waals surface area contributed by atoms with Crippen molar-refractivity contribution in [2.24, 2.45) is 0 Å². The average molecular weight is 274 g/mol. The number of anilines is 1. The third-order valence-corrected chi connectivity index (χ3v) is 2.97. The minimum Gasteiger partial charge on any atom is -0.508 e. The SMILES string of the molecule is CN(Cc1ccccc1O)C(=O)c1cc(N)ccc1F. The number of carbonyl (C=O) groups is 1. The zero-order valence-corrected chi connectivity index (χ0v) is 11.0. The number of phenols is 1. The van der Waals surface area contributed by atoms with Crippen molar-refractivity contribution >= 4 is 11.6 Å². The number of aromatic hydroxyl groups is 1. The molecule has 3 N–H and O–H groups in total. The van der Waals surface area contributed by atoms with Gasteiger partial charge in [0.25, 0.3) is 5.91 Å². The van der Waals surface area contributed by atoms with E-state index in [2.05, 4.69) is 0 Å². The van der Waals surface area contributed by atoms with Gasteiger partial charge in [-0.2, -0.15) is 0 Å². The molecule has 0 heterocycles. The van der Waals surface area contributed by atoms with E-state index in [1.54, 1.807) is 18.2 Å². The summed E-state index contributed by atoms with van der Waals surface area (Å²) in [5.74, 6) is -1.01. The lowest BCUT2D eigenvalue weighted by molar-refractivity contribution is 0.0780. The zero-order chi connectivity index (χ0) is 14.7. The van der Waals surface area contributed by atoms with E-state index in [0.29, 0.717) is 11.3 Å². The van der Waals surface area contributed by atoms with Crippen LogP contribution in [0.5, 0.6) is 5.75 Å². The highest BCUT2D eigenvalue weighted by atomic mass is 19.1. The Labute approximate surface area is 116 Å². The van der Waals surface area contributed by atoms with Crippen molar-refractivity contribution in [1.82, 2.24) is 4.90 Å². The number of nitrogen functional groups attached to an aromatic ring is 1. The number of amides is 1. The second-order valence-corrected chi connectivity index (χ2v) is 4.53. The summed E-state index contributed by atoms with van der Waals surface area (Å²) in [7, 11) is 1.54. The van der Waals surface area contributed by atoms with Gasteiger partial charge in [-0.25, -0.2) is 4.39 Å². The van der Waals surface area contributed by atoms with Gasteiger partial charge in [0.05, 0.1) is 5.56 Å². The van der Waals surface area contributed by atoms with Crippen molar-refractivity contribution < 1.29 is 14.3 Å². The van der Waals surface area contributed by atoms with Crippen LogP contribution in [0.1, 0.15) is 15.9 Å². The van der Waals surface area contributed by atoms with E-state index >= 15 is 0 Å². The Hall–Kier alpha value is -2.56. The number of hydrogen-bond acceptors (Lipinski definition) is 3. The lowest BCUT2D eigenvalue weighted by Crippen LogP contribution is -2.27. The lowest BCUT2D eigenvalue weighted by atomic mass is 10.1. The predicted molar refractivity (Wildman–Crippen MR) is 74.7 cm³/mol. The molecule has 104 valence electrons. The van der Waals surface area contributed by atoms with E-state index in [1.807, 2.05) is 0 Å². The lowest BCUT2D eigenvalue weighted by Gasteiger charge is -2.18. The van der Waals surface area contributed by atoms with Gasteiger partial charge >= 0.3 is 0 Å². The maximum absolute atomic E-state index is 13.6. The molecule has 0 aliphatic rings. The fraction of sp³-hybridized carbons (Fsp3) is 0.133. The molecule has 0 saturated heterocycles. The van der Waals surface area contributed by atoms with Crippen LogP contribution in [0.15, 0.2) is 42.5 Å². The van der Waals surface area contributed by atoms with Crippen molar-refractivity contribution in [3.63, 3.8) is 0 Å². The second-order valence-electron chi connectivity index (χ2n) is 4.53. The summed E-state index contributed by atoms with van der Waals surface area (Å²) in [6.45, 7) is 0.180. The summed E-state index contributed by atoms with van der Waals surface area (Å²) in [5.41, 5.74) is 6.40. The van der Waals surface area contributed by atoms with E-state index < -0.39 is 11.7 Å². The minimum atomic E-state index is -0.617. The molecule has 0 aromatic heterocycles. The van der Waals surface area contributed by atoms with E-state index in [0.717, 1.165) is 6.07 Å². The molecule has 2 aromatic rings. The number of carbonyl (C=O) groups excluding carboxylic acids is 1. The number of hydrogen-bond donors (Lipinski definition) is 2. The quantitative estimate of drug-likeness (QED) is 0.844. The molecule has 2 rings (SSSR count). The van der Waals surface area contributed by atoms with E-state index in [-0.39, 0.29) is 17.9 Å². The van der Waals surface area contributed by atoms with Crippen LogP contribution in [0.4, 0.5) is 10.1 Å². The largest absolute Gasteiger partial charge is 0.508 e. The molecule has 5 heteroatoms. The predicted octanol–water partition coefficient (Wildman–Crippen LogP) is 2.39. The molecule has 0 radical (unpaired) electrons. The van der Waals surface area contributed by atoms with Gasteiger partial charge in [-0.15, -0.1) is 0 Å². The Balaban J connectivity index is 2.21. The molecule has 0 atom stereocenters. The number of para-hydroxylation sites is 1. The third-order valence-electron chi connectivity index (χ3n) is 2.97. The molecule has 20 heavy (non-hydrogen) atoms. The van der Waals surface area contributed by atoms with Crippen molar-refractivity contribution in [3.05, 3.63) is 59.4 Å². The van der Waals surface area contributed by atoms with Crippen molar-refractivity contribution in [1.29, 1.82) is 0 Å². The number of phenolic OH excluding ortho intramolecular Hbond substituents is 1. The molecular formula is C15H15FN2O2. The highest BCUT2D eigenvalue weighted by Crippen LogP contribution is 2.19. The fourth-order valence-corrected chi connectivity index (χ4v) is 1.88. The topological polar surface area (TPSA) is 66.6 Å². The number of nitrogens with zero attached hydrogens (tertiary/aromatic N) is 1. The zero-order valence-electron chi connectivity index (χ0n) is 11.0. The van der Waals surface area contributed by atoms with Crippen molar-refractivity contribution in [2.75, 3.05) is 12.8 Å². The van der Waals surface area contributed by atoms with Crippen LogP contribution in [0, 0.1) is 5.82 Å². The maximum atomic E-state index is 13.6. The van der Waals surface area contributed by atoms with Crippen molar-refractivity contribution in [3.8, 4) is 5.75 Å². The summed E-state index contributed by atoms with van der Waals surface area (Å²) in [5, 5.41) is 9.68. The minimum absolute atomic E-state index is 0.0806. The first-order chi connectivity index (χ1) is 9.49. The second kappa shape index (κ2) is 5.61. The molecule has 1 amide bonds. The van der Waals surface area contributed by atoms with E-state index in [9.17, 15) is 14.3 Å². The van der Waals surface area contributed by atoms with Gasteiger partial charge in [0.15, 0.2) is 0 Å². The molecule has 0 spiro atoms. The first kappa shape index (κ1) is 13.9. The Morgan fingerprint density at radius 1 is 1.30 bits per heavy atom. The van der Waals surface area contributed by atoms with Crippen LogP contribution in [-0.2, 0) is 6.54 Å². The Morgan fingerprint density at radius 3 is 2.70 bits per heavy atom. The highest BCUT2D eigenvalue weighted by molar-refractivity contribution is 5.95. The van der Waals surface area contributed by atoms with Gasteiger partial charge in [0.2, 0.25) is 0 Å². The molecule has 0 bridgehead atoms. The first-order valence-corrected chi connectivity index (χ1v) is 6.06. The van der Waals surface area contributed by atoms with Gasteiger partial charge in [0.1, 0.15) is 11.6 Å². The molecule has 0 unspecified atom stereocenters. The van der Waals surface area contributed by atoms with E-state index in [4.69, 9.17) is 5.73 Å². The van der Waals surface area contributed by atoms with Gasteiger partial charge in [-0.05, 0) is 24.3 Å². The summed E-state index contributed by atoms with van der Waals surface area (Å²) < 4.78 is 13.6. The van der Waals surface area contributed by atoms with Crippen LogP contribution in [0.25, 0.3) is 0 Å². The highest BCUT2D eigenvalue weighted by Gasteiger charge is 2.17. The molecule has 0 fully saturated rings. The number of rotatable bonds is 3. The summed E-state index contributed by atoms with van der Waals surface area (Å²) in [4.78, 5) is 13.5. The standard InChI is InChI=1S/C15H15FN2O2/c1-18(9-10-4-2-3-5-14(10)19)15(20)12-8-11(17)6-7-13(12)16/h2-8,19H,9,17H2,1H3. The molecule has 4 nitrogen and oxygen atoms in total. The first-order valence-electron chi connectivity index (χ1n) is 6.06. The fourth-order valence-electron chi connectivity index (χ4n) is 1.88. The van der Waals surface area contributed by atoms with Crippen LogP contribution in [0.3, 0.4) is 0 Å².